The quantitative estimate of drug-likeness (QED) is 0.942. The summed E-state index contributed by atoms with van der Waals surface area (Å²) in [6.07, 6.45) is 6.73. The minimum atomic E-state index is -0.127. The zero-order chi connectivity index (χ0) is 14.7. The van der Waals surface area contributed by atoms with Crippen molar-refractivity contribution >= 4 is 5.91 Å². The molecule has 0 saturated carbocycles. The van der Waals surface area contributed by atoms with Gasteiger partial charge in [0.1, 0.15) is 11.9 Å². The van der Waals surface area contributed by atoms with Crippen LogP contribution in [0.3, 0.4) is 0 Å². The molecule has 2 atom stereocenters. The molecule has 1 amide bonds. The highest BCUT2D eigenvalue weighted by Gasteiger charge is 2.29. The van der Waals surface area contributed by atoms with E-state index in [0.29, 0.717) is 17.9 Å². The summed E-state index contributed by atoms with van der Waals surface area (Å²) in [5.41, 5.74) is 1.62. The first-order chi connectivity index (χ1) is 10.3. The Morgan fingerprint density at radius 3 is 2.86 bits per heavy atom. The predicted octanol–water partition coefficient (Wildman–Crippen LogP) is 2.63. The van der Waals surface area contributed by atoms with Crippen LogP contribution in [-0.4, -0.2) is 23.5 Å². The van der Waals surface area contributed by atoms with Crippen molar-refractivity contribution in [2.75, 3.05) is 6.61 Å². The van der Waals surface area contributed by atoms with Crippen LogP contribution < -0.4 is 5.32 Å². The van der Waals surface area contributed by atoms with Crippen LogP contribution in [0.4, 0.5) is 0 Å². The maximum absolute atomic E-state index is 12.3. The van der Waals surface area contributed by atoms with E-state index in [4.69, 9.17) is 9.15 Å². The van der Waals surface area contributed by atoms with Gasteiger partial charge in [-0.05, 0) is 43.5 Å². The molecule has 0 radical (unpaired) electrons. The Kier molecular flexibility index (Phi) is 4.01. The third kappa shape index (κ3) is 2.97. The van der Waals surface area contributed by atoms with Crippen LogP contribution in [0.1, 0.15) is 40.6 Å². The highest BCUT2D eigenvalue weighted by atomic mass is 16.5. The molecule has 2 aromatic heterocycles. The summed E-state index contributed by atoms with van der Waals surface area (Å²) in [7, 11) is 0. The number of rotatable bonds is 3. The van der Waals surface area contributed by atoms with Crippen molar-refractivity contribution in [3.8, 4) is 0 Å². The van der Waals surface area contributed by atoms with Gasteiger partial charge in [-0.25, -0.2) is 0 Å². The van der Waals surface area contributed by atoms with Gasteiger partial charge in [0.15, 0.2) is 0 Å². The van der Waals surface area contributed by atoms with Crippen LogP contribution in [0, 0.1) is 6.92 Å². The first-order valence-electron chi connectivity index (χ1n) is 7.12. The van der Waals surface area contributed by atoms with Crippen LogP contribution >= 0.6 is 0 Å². The highest BCUT2D eigenvalue weighted by Crippen LogP contribution is 2.28. The highest BCUT2D eigenvalue weighted by molar-refractivity contribution is 5.95. The Hall–Kier alpha value is -2.14. The van der Waals surface area contributed by atoms with E-state index in [0.717, 1.165) is 18.4 Å². The van der Waals surface area contributed by atoms with Crippen LogP contribution in [0.5, 0.6) is 0 Å². The monoisotopic (exact) mass is 286 g/mol. The number of aromatic nitrogens is 1. The van der Waals surface area contributed by atoms with E-state index >= 15 is 0 Å². The second kappa shape index (κ2) is 6.10. The summed E-state index contributed by atoms with van der Waals surface area (Å²) < 4.78 is 11.0. The van der Waals surface area contributed by atoms with Crippen molar-refractivity contribution in [1.82, 2.24) is 10.3 Å². The fraction of sp³-hybridized carbons (Fsp3) is 0.375. The van der Waals surface area contributed by atoms with Gasteiger partial charge in [-0.15, -0.1) is 0 Å². The summed E-state index contributed by atoms with van der Waals surface area (Å²) in [6, 6.07) is 5.51. The molecular weight excluding hydrogens is 268 g/mol. The Morgan fingerprint density at radius 1 is 1.33 bits per heavy atom. The molecule has 21 heavy (non-hydrogen) atoms. The lowest BCUT2D eigenvalue weighted by Gasteiger charge is -2.32. The van der Waals surface area contributed by atoms with Gasteiger partial charge in [0.05, 0.1) is 17.9 Å². The molecule has 0 unspecified atom stereocenters. The molecular formula is C16H18N2O3. The van der Waals surface area contributed by atoms with Gasteiger partial charge in [0, 0.05) is 19.0 Å². The van der Waals surface area contributed by atoms with E-state index in [1.54, 1.807) is 25.4 Å². The van der Waals surface area contributed by atoms with Crippen molar-refractivity contribution in [2.45, 2.75) is 31.9 Å². The lowest BCUT2D eigenvalue weighted by molar-refractivity contribution is -0.00951. The number of aryl methyl sites for hydroxylation is 1. The molecule has 1 aliphatic heterocycles. The van der Waals surface area contributed by atoms with Crippen LogP contribution in [0.2, 0.25) is 0 Å². The normalized spacial score (nSPS) is 22.0. The Bertz CT molecular complexity index is 609. The minimum Gasteiger partial charge on any atom is -0.469 e. The van der Waals surface area contributed by atoms with E-state index in [-0.39, 0.29) is 18.1 Å². The molecule has 2 aromatic rings. The molecule has 1 aliphatic rings. The second-order valence-electron chi connectivity index (χ2n) is 5.18. The van der Waals surface area contributed by atoms with Gasteiger partial charge in [-0.3, -0.25) is 9.78 Å². The summed E-state index contributed by atoms with van der Waals surface area (Å²) in [5, 5.41) is 3.07. The third-order valence-electron chi connectivity index (χ3n) is 3.78. The van der Waals surface area contributed by atoms with Gasteiger partial charge < -0.3 is 14.5 Å². The number of nitrogens with one attached hydrogen (secondary N) is 1. The zero-order valence-electron chi connectivity index (χ0n) is 11.9. The average Bonchev–Trinajstić information content (AvgIpc) is 2.95. The molecule has 3 heterocycles. The molecule has 5 nitrogen and oxygen atoms in total. The smallest absolute Gasteiger partial charge is 0.255 e. The number of furan rings is 1. The molecule has 0 aromatic carbocycles. The summed E-state index contributed by atoms with van der Waals surface area (Å²) in [4.78, 5) is 16.4. The molecule has 0 bridgehead atoms. The zero-order valence-corrected chi connectivity index (χ0v) is 11.9. The van der Waals surface area contributed by atoms with Gasteiger partial charge in [0.2, 0.25) is 0 Å². The summed E-state index contributed by atoms with van der Waals surface area (Å²) in [6.45, 7) is 2.50. The molecule has 110 valence electrons. The maximum atomic E-state index is 12.3. The molecule has 5 heteroatoms. The summed E-state index contributed by atoms with van der Waals surface area (Å²) in [5.74, 6) is 0.514. The van der Waals surface area contributed by atoms with Crippen molar-refractivity contribution in [3.05, 3.63) is 53.7 Å². The molecule has 1 saturated heterocycles. The van der Waals surface area contributed by atoms with Crippen LogP contribution in [0.25, 0.3) is 0 Å². The molecule has 1 N–H and O–H groups in total. The number of pyridine rings is 1. The first-order valence-corrected chi connectivity index (χ1v) is 7.12. The van der Waals surface area contributed by atoms with E-state index in [2.05, 4.69) is 10.3 Å². The number of hydrogen-bond acceptors (Lipinski definition) is 4. The summed E-state index contributed by atoms with van der Waals surface area (Å²) >= 11 is 0. The molecule has 1 fully saturated rings. The van der Waals surface area contributed by atoms with Gasteiger partial charge >= 0.3 is 0 Å². The first kappa shape index (κ1) is 13.8. The lowest BCUT2D eigenvalue weighted by Crippen LogP contribution is -2.42. The van der Waals surface area contributed by atoms with Crippen LogP contribution in [-0.2, 0) is 4.74 Å². The van der Waals surface area contributed by atoms with E-state index < -0.39 is 0 Å². The largest absolute Gasteiger partial charge is 0.469 e. The lowest BCUT2D eigenvalue weighted by atomic mass is 9.96. The molecule has 0 spiro atoms. The fourth-order valence-corrected chi connectivity index (χ4v) is 2.68. The van der Waals surface area contributed by atoms with Gasteiger partial charge in [-0.2, -0.15) is 0 Å². The Morgan fingerprint density at radius 2 is 2.14 bits per heavy atom. The number of amides is 1. The van der Waals surface area contributed by atoms with Crippen molar-refractivity contribution in [3.63, 3.8) is 0 Å². The Labute approximate surface area is 123 Å². The van der Waals surface area contributed by atoms with E-state index in [1.165, 1.54) is 6.26 Å². The van der Waals surface area contributed by atoms with Gasteiger partial charge in [0.25, 0.3) is 5.91 Å². The van der Waals surface area contributed by atoms with Gasteiger partial charge in [-0.1, -0.05) is 0 Å². The number of carbonyl (C=O) groups is 1. The molecule has 0 aliphatic carbocycles. The minimum absolute atomic E-state index is 0.0389. The average molecular weight is 286 g/mol. The standard InChI is InChI=1S/C16H18N2O3/c1-11-13(6-10-20-11)16(19)18-14-3-2-9-21-15(14)12-4-7-17-8-5-12/h4-8,10,14-15H,2-3,9H2,1H3,(H,18,19)/t14-,15+/m0/s1. The SMILES string of the molecule is Cc1occc1C(=O)N[C@H]1CCCO[C@@H]1c1ccncc1. The number of ether oxygens (including phenoxy) is 1. The van der Waals surface area contributed by atoms with Crippen molar-refractivity contribution in [1.29, 1.82) is 0 Å². The second-order valence-corrected chi connectivity index (χ2v) is 5.18. The maximum Gasteiger partial charge on any atom is 0.255 e. The fourth-order valence-electron chi connectivity index (χ4n) is 2.68. The topological polar surface area (TPSA) is 64.4 Å². The third-order valence-corrected chi connectivity index (χ3v) is 3.78. The van der Waals surface area contributed by atoms with Crippen LogP contribution in [0.15, 0.2) is 41.3 Å². The predicted molar refractivity (Wildman–Crippen MR) is 76.9 cm³/mol. The van der Waals surface area contributed by atoms with Crippen molar-refractivity contribution < 1.29 is 13.9 Å². The Balaban J connectivity index is 1.76. The van der Waals surface area contributed by atoms with E-state index in [1.807, 2.05) is 12.1 Å². The molecule has 3 rings (SSSR count). The van der Waals surface area contributed by atoms with E-state index in [9.17, 15) is 4.79 Å². The number of nitrogens with zero attached hydrogens (tertiary/aromatic N) is 1. The number of carbonyl (C=O) groups excluding carboxylic acids is 1. The number of hydrogen-bond donors (Lipinski definition) is 1. The van der Waals surface area contributed by atoms with Crippen molar-refractivity contribution in [2.24, 2.45) is 0 Å².